The van der Waals surface area contributed by atoms with E-state index in [2.05, 4.69) is 4.98 Å². The van der Waals surface area contributed by atoms with E-state index in [-0.39, 0.29) is 23.9 Å². The summed E-state index contributed by atoms with van der Waals surface area (Å²) in [6, 6.07) is 6.16. The van der Waals surface area contributed by atoms with E-state index in [1.165, 1.54) is 13.3 Å². The summed E-state index contributed by atoms with van der Waals surface area (Å²) in [7, 11) is -2.51. The first kappa shape index (κ1) is 20.3. The van der Waals surface area contributed by atoms with E-state index in [4.69, 9.17) is 4.74 Å². The van der Waals surface area contributed by atoms with Gasteiger partial charge in [0.25, 0.3) is 0 Å². The molecule has 0 amide bonds. The van der Waals surface area contributed by atoms with Crippen LogP contribution in [-0.2, 0) is 21.3 Å². The van der Waals surface area contributed by atoms with Crippen molar-refractivity contribution in [2.45, 2.75) is 26.5 Å². The summed E-state index contributed by atoms with van der Waals surface area (Å²) < 4.78 is 59.8. The van der Waals surface area contributed by atoms with Gasteiger partial charge in [0.1, 0.15) is 11.6 Å². The van der Waals surface area contributed by atoms with Gasteiger partial charge in [-0.1, -0.05) is 19.9 Å². The van der Waals surface area contributed by atoms with Gasteiger partial charge in [0, 0.05) is 25.6 Å². The van der Waals surface area contributed by atoms with Crippen LogP contribution in [0.2, 0.25) is 0 Å². The smallest absolute Gasteiger partial charge is 0.238 e. The molecule has 0 radical (unpaired) electrons. The van der Waals surface area contributed by atoms with Gasteiger partial charge in [0.05, 0.1) is 24.1 Å². The number of benzene rings is 1. The SMILES string of the molecule is COC(CS(=O)(=O)N(Cc1cccnc1)c1ccc(F)cc1F)C(C)C. The number of rotatable bonds is 8. The Morgan fingerprint density at radius 3 is 2.50 bits per heavy atom. The molecule has 26 heavy (non-hydrogen) atoms. The molecule has 0 fully saturated rings. The topological polar surface area (TPSA) is 59.5 Å². The second-order valence-electron chi connectivity index (χ2n) is 6.26. The highest BCUT2D eigenvalue weighted by Gasteiger charge is 2.30. The van der Waals surface area contributed by atoms with E-state index in [1.807, 2.05) is 13.8 Å². The van der Waals surface area contributed by atoms with Crippen molar-refractivity contribution >= 4 is 15.7 Å². The summed E-state index contributed by atoms with van der Waals surface area (Å²) in [6.07, 6.45) is 2.50. The van der Waals surface area contributed by atoms with Gasteiger partial charge in [0.2, 0.25) is 10.0 Å². The minimum absolute atomic E-state index is 0.0481. The third-order valence-electron chi connectivity index (χ3n) is 3.98. The maximum atomic E-state index is 14.3. The molecule has 1 aromatic heterocycles. The second-order valence-corrected chi connectivity index (χ2v) is 8.20. The molecule has 1 atom stereocenters. The number of hydrogen-bond acceptors (Lipinski definition) is 4. The lowest BCUT2D eigenvalue weighted by atomic mass is 10.1. The van der Waals surface area contributed by atoms with Crippen molar-refractivity contribution in [1.82, 2.24) is 4.98 Å². The maximum Gasteiger partial charge on any atom is 0.238 e. The Labute approximate surface area is 152 Å². The fourth-order valence-electron chi connectivity index (χ4n) is 2.50. The van der Waals surface area contributed by atoms with Gasteiger partial charge >= 0.3 is 0 Å². The highest BCUT2D eigenvalue weighted by Crippen LogP contribution is 2.26. The Hall–Kier alpha value is -2.06. The first-order chi connectivity index (χ1) is 12.2. The molecule has 5 nitrogen and oxygen atoms in total. The third-order valence-corrected chi connectivity index (χ3v) is 5.73. The predicted octanol–water partition coefficient (Wildman–Crippen LogP) is 3.37. The molecule has 8 heteroatoms. The molecule has 2 aromatic rings. The van der Waals surface area contributed by atoms with Crippen LogP contribution in [0.1, 0.15) is 19.4 Å². The number of pyridine rings is 1. The Balaban J connectivity index is 2.45. The second kappa shape index (κ2) is 8.55. The van der Waals surface area contributed by atoms with Crippen molar-refractivity contribution in [2.75, 3.05) is 17.2 Å². The van der Waals surface area contributed by atoms with Gasteiger partial charge in [-0.25, -0.2) is 17.2 Å². The lowest BCUT2D eigenvalue weighted by molar-refractivity contribution is 0.0827. The summed E-state index contributed by atoms with van der Waals surface area (Å²) in [5, 5.41) is 0. The fourth-order valence-corrected chi connectivity index (χ4v) is 4.41. The van der Waals surface area contributed by atoms with E-state index in [9.17, 15) is 17.2 Å². The highest BCUT2D eigenvalue weighted by molar-refractivity contribution is 7.92. The molecular weight excluding hydrogens is 362 g/mol. The predicted molar refractivity (Wildman–Crippen MR) is 96.2 cm³/mol. The van der Waals surface area contributed by atoms with Crippen molar-refractivity contribution in [1.29, 1.82) is 0 Å². The van der Waals surface area contributed by atoms with E-state index in [1.54, 1.807) is 18.3 Å². The van der Waals surface area contributed by atoms with Crippen molar-refractivity contribution < 1.29 is 21.9 Å². The van der Waals surface area contributed by atoms with Crippen LogP contribution in [-0.4, -0.2) is 32.4 Å². The van der Waals surface area contributed by atoms with Crippen LogP contribution in [0, 0.1) is 17.6 Å². The largest absolute Gasteiger partial charge is 0.380 e. The first-order valence-corrected chi connectivity index (χ1v) is 9.72. The molecule has 1 aromatic carbocycles. The normalized spacial score (nSPS) is 13.0. The Bertz CT molecular complexity index is 830. The van der Waals surface area contributed by atoms with Gasteiger partial charge in [-0.15, -0.1) is 0 Å². The van der Waals surface area contributed by atoms with E-state index >= 15 is 0 Å². The van der Waals surface area contributed by atoms with Crippen molar-refractivity contribution in [2.24, 2.45) is 5.92 Å². The number of aromatic nitrogens is 1. The molecule has 2 rings (SSSR count). The lowest BCUT2D eigenvalue weighted by Crippen LogP contribution is -2.39. The number of hydrogen-bond donors (Lipinski definition) is 0. The highest BCUT2D eigenvalue weighted by atomic mass is 32.2. The minimum atomic E-state index is -3.95. The number of sulfonamides is 1. The standard InChI is InChI=1S/C18H22F2N2O3S/c1-13(2)18(25-3)12-26(23,24)22(11-14-5-4-8-21-10-14)17-7-6-15(19)9-16(17)20/h4-10,13,18H,11-12H2,1-3H3. The molecule has 142 valence electrons. The number of nitrogens with zero attached hydrogens (tertiary/aromatic N) is 2. The molecule has 0 N–H and O–H groups in total. The molecule has 0 saturated carbocycles. The van der Waals surface area contributed by atoms with Gasteiger partial charge in [-0.05, 0) is 29.7 Å². The molecule has 0 aliphatic rings. The van der Waals surface area contributed by atoms with E-state index < -0.39 is 27.8 Å². The van der Waals surface area contributed by atoms with Crippen LogP contribution in [0.15, 0.2) is 42.7 Å². The Morgan fingerprint density at radius 1 is 1.23 bits per heavy atom. The Kier molecular flexibility index (Phi) is 6.66. The monoisotopic (exact) mass is 384 g/mol. The zero-order valence-electron chi connectivity index (χ0n) is 14.9. The van der Waals surface area contributed by atoms with Gasteiger partial charge < -0.3 is 4.74 Å². The number of anilines is 1. The molecule has 0 aliphatic carbocycles. The van der Waals surface area contributed by atoms with E-state index in [0.717, 1.165) is 16.4 Å². The molecule has 1 heterocycles. The van der Waals surface area contributed by atoms with Crippen molar-refractivity contribution in [3.8, 4) is 0 Å². The molecule has 0 spiro atoms. The van der Waals surface area contributed by atoms with Crippen LogP contribution in [0.25, 0.3) is 0 Å². The minimum Gasteiger partial charge on any atom is -0.380 e. The van der Waals surface area contributed by atoms with Crippen LogP contribution < -0.4 is 4.31 Å². The molecule has 0 saturated heterocycles. The quantitative estimate of drug-likeness (QED) is 0.700. The fraction of sp³-hybridized carbons (Fsp3) is 0.389. The van der Waals surface area contributed by atoms with Crippen molar-refractivity contribution in [3.05, 3.63) is 59.9 Å². The number of methoxy groups -OCH3 is 1. The molecule has 1 unspecified atom stereocenters. The summed E-state index contributed by atoms with van der Waals surface area (Å²) in [5.41, 5.74) is 0.368. The lowest BCUT2D eigenvalue weighted by Gasteiger charge is -2.28. The summed E-state index contributed by atoms with van der Waals surface area (Å²) in [6.45, 7) is 3.56. The van der Waals surface area contributed by atoms with Crippen LogP contribution in [0.5, 0.6) is 0 Å². The van der Waals surface area contributed by atoms with Gasteiger partial charge in [-0.3, -0.25) is 9.29 Å². The third kappa shape index (κ3) is 4.98. The number of halogens is 2. The average Bonchev–Trinajstić information content (AvgIpc) is 2.59. The van der Waals surface area contributed by atoms with Crippen LogP contribution in [0.4, 0.5) is 14.5 Å². The molecular formula is C18H22F2N2O3S. The summed E-state index contributed by atoms with van der Waals surface area (Å²) in [4.78, 5) is 3.96. The van der Waals surface area contributed by atoms with Gasteiger partial charge in [-0.2, -0.15) is 0 Å². The molecule has 0 bridgehead atoms. The zero-order valence-corrected chi connectivity index (χ0v) is 15.7. The number of ether oxygens (including phenoxy) is 1. The molecule has 0 aliphatic heterocycles. The zero-order chi connectivity index (χ0) is 19.3. The van der Waals surface area contributed by atoms with E-state index in [0.29, 0.717) is 11.6 Å². The Morgan fingerprint density at radius 2 is 1.96 bits per heavy atom. The van der Waals surface area contributed by atoms with Gasteiger partial charge in [0.15, 0.2) is 0 Å². The first-order valence-electron chi connectivity index (χ1n) is 8.11. The maximum absolute atomic E-state index is 14.3. The summed E-state index contributed by atoms with van der Waals surface area (Å²) in [5.74, 6) is -2.09. The van der Waals surface area contributed by atoms with Crippen LogP contribution in [0.3, 0.4) is 0 Å². The average molecular weight is 384 g/mol. The van der Waals surface area contributed by atoms with Crippen molar-refractivity contribution in [3.63, 3.8) is 0 Å². The summed E-state index contributed by atoms with van der Waals surface area (Å²) >= 11 is 0. The van der Waals surface area contributed by atoms with Crippen LogP contribution >= 0.6 is 0 Å².